The fourth-order valence-corrected chi connectivity index (χ4v) is 1.06. The molecule has 3 N–H and O–H groups in total. The molecule has 14 heavy (non-hydrogen) atoms. The molecule has 0 aliphatic heterocycles. The molecule has 0 aliphatic carbocycles. The summed E-state index contributed by atoms with van der Waals surface area (Å²) in [5.41, 5.74) is 8.15. The minimum Gasteiger partial charge on any atom is -0.350 e. The molecule has 4 heteroatoms. The Hall–Kier alpha value is -1.84. The van der Waals surface area contributed by atoms with Crippen molar-refractivity contribution in [1.82, 2.24) is 5.43 Å². The van der Waals surface area contributed by atoms with Crippen LogP contribution in [0.4, 0.5) is 4.79 Å². The molecular formula is C10H13N3O. The molecule has 1 aromatic rings. The van der Waals surface area contributed by atoms with Gasteiger partial charge < -0.3 is 5.73 Å². The van der Waals surface area contributed by atoms with Crippen molar-refractivity contribution < 1.29 is 4.79 Å². The Labute approximate surface area is 82.8 Å². The van der Waals surface area contributed by atoms with Crippen LogP contribution in [0.3, 0.4) is 0 Å². The fraction of sp³-hybridized carbons (Fsp3) is 0.200. The van der Waals surface area contributed by atoms with Crippen molar-refractivity contribution >= 4 is 12.2 Å². The van der Waals surface area contributed by atoms with Crippen LogP contribution < -0.4 is 11.2 Å². The van der Waals surface area contributed by atoms with Crippen LogP contribution in [0, 0.1) is 0 Å². The Morgan fingerprint density at radius 2 is 2.14 bits per heavy atom. The highest BCUT2D eigenvalue weighted by molar-refractivity contribution is 5.74. The van der Waals surface area contributed by atoms with E-state index in [1.807, 2.05) is 37.3 Å². The molecule has 0 bridgehead atoms. The number of urea groups is 1. The quantitative estimate of drug-likeness (QED) is 0.551. The zero-order valence-electron chi connectivity index (χ0n) is 7.97. The molecular weight excluding hydrogens is 178 g/mol. The van der Waals surface area contributed by atoms with Crippen molar-refractivity contribution in [1.29, 1.82) is 0 Å². The van der Waals surface area contributed by atoms with Gasteiger partial charge in [-0.25, -0.2) is 10.2 Å². The number of primary amides is 1. The third-order valence-corrected chi connectivity index (χ3v) is 1.80. The van der Waals surface area contributed by atoms with Crippen LogP contribution in [0.1, 0.15) is 18.4 Å². The van der Waals surface area contributed by atoms with Gasteiger partial charge in [-0.15, -0.1) is 0 Å². The van der Waals surface area contributed by atoms with Gasteiger partial charge in [-0.1, -0.05) is 37.3 Å². The number of carbonyl (C=O) groups is 1. The Morgan fingerprint density at radius 1 is 1.50 bits per heavy atom. The van der Waals surface area contributed by atoms with Crippen LogP contribution in [0.2, 0.25) is 0 Å². The Morgan fingerprint density at radius 3 is 2.71 bits per heavy atom. The first-order chi connectivity index (χ1) is 6.70. The predicted molar refractivity (Wildman–Crippen MR) is 56.1 cm³/mol. The molecule has 0 aliphatic rings. The molecule has 0 aromatic heterocycles. The van der Waals surface area contributed by atoms with E-state index in [4.69, 9.17) is 5.73 Å². The van der Waals surface area contributed by atoms with E-state index in [-0.39, 0.29) is 5.92 Å². The Bertz CT molecular complexity index is 321. The monoisotopic (exact) mass is 191 g/mol. The highest BCUT2D eigenvalue weighted by Gasteiger charge is 1.99. The fourth-order valence-electron chi connectivity index (χ4n) is 1.06. The normalized spacial score (nSPS) is 12.6. The summed E-state index contributed by atoms with van der Waals surface area (Å²) in [6, 6.07) is 9.22. The Kier molecular flexibility index (Phi) is 3.67. The van der Waals surface area contributed by atoms with E-state index < -0.39 is 6.03 Å². The number of nitrogens with one attached hydrogen (secondary N) is 1. The summed E-state index contributed by atoms with van der Waals surface area (Å²) in [7, 11) is 0. The zero-order chi connectivity index (χ0) is 10.4. The van der Waals surface area contributed by atoms with Gasteiger partial charge in [-0.3, -0.25) is 0 Å². The number of hydrazone groups is 1. The minimum absolute atomic E-state index is 0.156. The number of nitrogens with two attached hydrogens (primary N) is 1. The van der Waals surface area contributed by atoms with Crippen molar-refractivity contribution in [2.24, 2.45) is 10.8 Å². The van der Waals surface area contributed by atoms with Gasteiger partial charge in [-0.2, -0.15) is 5.10 Å². The van der Waals surface area contributed by atoms with Crippen LogP contribution in [0.15, 0.2) is 35.4 Å². The van der Waals surface area contributed by atoms with Gasteiger partial charge in [0, 0.05) is 12.1 Å². The molecule has 1 rings (SSSR count). The third-order valence-electron chi connectivity index (χ3n) is 1.80. The summed E-state index contributed by atoms with van der Waals surface area (Å²) < 4.78 is 0. The molecule has 0 spiro atoms. The van der Waals surface area contributed by atoms with Crippen molar-refractivity contribution in [3.05, 3.63) is 35.9 Å². The second kappa shape index (κ2) is 5.01. The zero-order valence-corrected chi connectivity index (χ0v) is 7.97. The number of rotatable bonds is 3. The standard InChI is InChI=1S/C10H13N3O/c1-8(7-12-13-10(11)14)9-5-3-2-4-6-9/h2-8H,1H3,(H3,11,13,14). The van der Waals surface area contributed by atoms with E-state index in [1.165, 1.54) is 0 Å². The van der Waals surface area contributed by atoms with Gasteiger partial charge in [-0.05, 0) is 5.56 Å². The van der Waals surface area contributed by atoms with E-state index in [0.29, 0.717) is 0 Å². The largest absolute Gasteiger partial charge is 0.350 e. The lowest BCUT2D eigenvalue weighted by Crippen LogP contribution is -2.24. The molecule has 74 valence electrons. The number of nitrogens with zero attached hydrogens (tertiary/aromatic N) is 1. The van der Waals surface area contributed by atoms with Gasteiger partial charge in [0.1, 0.15) is 0 Å². The average molecular weight is 191 g/mol. The number of amides is 2. The highest BCUT2D eigenvalue weighted by atomic mass is 16.2. The van der Waals surface area contributed by atoms with E-state index in [9.17, 15) is 4.79 Å². The molecule has 2 amide bonds. The summed E-state index contributed by atoms with van der Waals surface area (Å²) in [6.07, 6.45) is 1.64. The number of hydrogen-bond donors (Lipinski definition) is 2. The minimum atomic E-state index is -0.651. The van der Waals surface area contributed by atoms with Crippen molar-refractivity contribution in [3.8, 4) is 0 Å². The summed E-state index contributed by atoms with van der Waals surface area (Å²) in [5.74, 6) is 0.156. The van der Waals surface area contributed by atoms with Crippen LogP contribution in [-0.4, -0.2) is 12.2 Å². The SMILES string of the molecule is CC(C=NNC(N)=O)c1ccccc1. The van der Waals surface area contributed by atoms with Crippen LogP contribution in [-0.2, 0) is 0 Å². The van der Waals surface area contributed by atoms with E-state index in [0.717, 1.165) is 5.56 Å². The second-order valence-corrected chi connectivity index (χ2v) is 2.95. The van der Waals surface area contributed by atoms with Crippen LogP contribution in [0.5, 0.6) is 0 Å². The van der Waals surface area contributed by atoms with Gasteiger partial charge >= 0.3 is 6.03 Å². The molecule has 0 saturated heterocycles. The first-order valence-electron chi connectivity index (χ1n) is 4.33. The molecule has 4 nitrogen and oxygen atoms in total. The lowest BCUT2D eigenvalue weighted by Gasteiger charge is -2.04. The summed E-state index contributed by atoms with van der Waals surface area (Å²) >= 11 is 0. The summed E-state index contributed by atoms with van der Waals surface area (Å²) in [4.78, 5) is 10.3. The van der Waals surface area contributed by atoms with E-state index >= 15 is 0 Å². The smallest absolute Gasteiger partial charge is 0.332 e. The number of benzene rings is 1. The molecule has 1 aromatic carbocycles. The lowest BCUT2D eigenvalue weighted by molar-refractivity contribution is 0.249. The van der Waals surface area contributed by atoms with Gasteiger partial charge in [0.2, 0.25) is 0 Å². The Balaban J connectivity index is 2.54. The molecule has 0 saturated carbocycles. The maximum Gasteiger partial charge on any atom is 0.332 e. The molecule has 0 radical (unpaired) electrons. The van der Waals surface area contributed by atoms with E-state index in [2.05, 4.69) is 10.5 Å². The van der Waals surface area contributed by atoms with Crippen LogP contribution in [0.25, 0.3) is 0 Å². The van der Waals surface area contributed by atoms with Crippen LogP contribution >= 0.6 is 0 Å². The van der Waals surface area contributed by atoms with Crippen molar-refractivity contribution in [3.63, 3.8) is 0 Å². The van der Waals surface area contributed by atoms with Gasteiger partial charge in [0.25, 0.3) is 0 Å². The predicted octanol–water partition coefficient (Wildman–Crippen LogP) is 1.44. The lowest BCUT2D eigenvalue weighted by atomic mass is 10.0. The maximum absolute atomic E-state index is 10.3. The first kappa shape index (κ1) is 10.2. The molecule has 0 heterocycles. The highest BCUT2D eigenvalue weighted by Crippen LogP contribution is 2.11. The number of hydrogen-bond acceptors (Lipinski definition) is 2. The molecule has 0 fully saturated rings. The van der Waals surface area contributed by atoms with Crippen molar-refractivity contribution in [2.45, 2.75) is 12.8 Å². The summed E-state index contributed by atoms with van der Waals surface area (Å²) in [6.45, 7) is 1.99. The van der Waals surface area contributed by atoms with E-state index in [1.54, 1.807) is 6.21 Å². The van der Waals surface area contributed by atoms with Gasteiger partial charge in [0.15, 0.2) is 0 Å². The molecule has 1 atom stereocenters. The number of carbonyl (C=O) groups excluding carboxylic acids is 1. The maximum atomic E-state index is 10.3. The van der Waals surface area contributed by atoms with Gasteiger partial charge in [0.05, 0.1) is 0 Å². The van der Waals surface area contributed by atoms with Crippen molar-refractivity contribution in [2.75, 3.05) is 0 Å². The summed E-state index contributed by atoms with van der Waals surface area (Å²) in [5, 5.41) is 3.70. The average Bonchev–Trinajstić information content (AvgIpc) is 2.18. The topological polar surface area (TPSA) is 67.5 Å². The molecule has 1 unspecified atom stereocenters. The second-order valence-electron chi connectivity index (χ2n) is 2.95. The third kappa shape index (κ3) is 3.26. The first-order valence-corrected chi connectivity index (χ1v) is 4.33.